The quantitative estimate of drug-likeness (QED) is 0.718. The minimum absolute atomic E-state index is 0.0589. The molecule has 5 heteroatoms. The molecule has 1 aromatic rings. The number of amides is 2. The lowest BCUT2D eigenvalue weighted by Gasteiger charge is -2.26. The normalized spacial score (nSPS) is 12.6. The number of aryl methyl sites for hydroxylation is 2. The molecular formula is C18H28N2O3. The Labute approximate surface area is 138 Å². The molecule has 0 aliphatic heterocycles. The highest BCUT2D eigenvalue weighted by molar-refractivity contribution is 5.96. The van der Waals surface area contributed by atoms with Gasteiger partial charge in [0.25, 0.3) is 5.91 Å². The molecule has 128 valence electrons. The topological polar surface area (TPSA) is 78.4 Å². The molecule has 0 saturated heterocycles. The summed E-state index contributed by atoms with van der Waals surface area (Å²) in [5.41, 5.74) is 2.39. The van der Waals surface area contributed by atoms with Crippen molar-refractivity contribution in [3.05, 3.63) is 34.9 Å². The maximum Gasteiger partial charge on any atom is 0.251 e. The number of aliphatic hydroxyl groups is 1. The van der Waals surface area contributed by atoms with Gasteiger partial charge in [-0.05, 0) is 44.7 Å². The van der Waals surface area contributed by atoms with Crippen LogP contribution in [0.1, 0.15) is 48.7 Å². The minimum Gasteiger partial charge on any atom is -0.393 e. The van der Waals surface area contributed by atoms with Gasteiger partial charge in [-0.1, -0.05) is 31.0 Å². The van der Waals surface area contributed by atoms with Crippen molar-refractivity contribution in [2.24, 2.45) is 5.41 Å². The molecule has 1 unspecified atom stereocenters. The van der Waals surface area contributed by atoms with E-state index in [1.165, 1.54) is 0 Å². The molecule has 0 heterocycles. The van der Waals surface area contributed by atoms with Gasteiger partial charge in [-0.2, -0.15) is 0 Å². The summed E-state index contributed by atoms with van der Waals surface area (Å²) in [5.74, 6) is -0.489. The summed E-state index contributed by atoms with van der Waals surface area (Å²) in [6.07, 6.45) is 0.188. The number of hydrogen-bond donors (Lipinski definition) is 3. The first kappa shape index (κ1) is 19.2. The van der Waals surface area contributed by atoms with Crippen LogP contribution in [0.25, 0.3) is 0 Å². The van der Waals surface area contributed by atoms with E-state index in [1.54, 1.807) is 19.1 Å². The second-order valence-electron chi connectivity index (χ2n) is 7.05. The van der Waals surface area contributed by atoms with Crippen LogP contribution >= 0.6 is 0 Å². The molecule has 23 heavy (non-hydrogen) atoms. The number of rotatable bonds is 7. The Balaban J connectivity index is 2.45. The van der Waals surface area contributed by atoms with Gasteiger partial charge in [0.1, 0.15) is 0 Å². The van der Waals surface area contributed by atoms with E-state index in [0.29, 0.717) is 18.5 Å². The van der Waals surface area contributed by atoms with Crippen molar-refractivity contribution in [3.63, 3.8) is 0 Å². The Morgan fingerprint density at radius 3 is 2.22 bits per heavy atom. The number of carbonyl (C=O) groups excluding carboxylic acids is 2. The average molecular weight is 320 g/mol. The smallest absolute Gasteiger partial charge is 0.251 e. The summed E-state index contributed by atoms with van der Waals surface area (Å²) in [5, 5.41) is 14.9. The molecule has 0 aromatic heterocycles. The molecule has 1 atom stereocenters. The first-order valence-corrected chi connectivity index (χ1v) is 7.90. The van der Waals surface area contributed by atoms with E-state index in [1.807, 2.05) is 33.8 Å². The molecule has 0 fully saturated rings. The van der Waals surface area contributed by atoms with Gasteiger partial charge in [0.15, 0.2) is 0 Å². The van der Waals surface area contributed by atoms with Crippen LogP contribution in [0.3, 0.4) is 0 Å². The van der Waals surface area contributed by atoms with E-state index < -0.39 is 6.10 Å². The summed E-state index contributed by atoms with van der Waals surface area (Å²) in [7, 11) is 0. The van der Waals surface area contributed by atoms with Gasteiger partial charge in [-0.25, -0.2) is 0 Å². The maximum atomic E-state index is 12.1. The van der Waals surface area contributed by atoms with Gasteiger partial charge in [0.05, 0.1) is 12.6 Å². The van der Waals surface area contributed by atoms with Crippen LogP contribution in [0.2, 0.25) is 0 Å². The fourth-order valence-corrected chi connectivity index (χ4v) is 2.64. The third-order valence-electron chi connectivity index (χ3n) is 3.51. The lowest BCUT2D eigenvalue weighted by molar-refractivity contribution is -0.120. The van der Waals surface area contributed by atoms with Crippen LogP contribution in [-0.4, -0.2) is 36.1 Å². The molecule has 3 N–H and O–H groups in total. The van der Waals surface area contributed by atoms with E-state index in [0.717, 1.165) is 11.1 Å². The van der Waals surface area contributed by atoms with Gasteiger partial charge in [0, 0.05) is 12.1 Å². The Morgan fingerprint density at radius 2 is 1.70 bits per heavy atom. The van der Waals surface area contributed by atoms with E-state index in [9.17, 15) is 14.7 Å². The van der Waals surface area contributed by atoms with Crippen LogP contribution in [0, 0.1) is 19.3 Å². The minimum atomic E-state index is -0.411. The van der Waals surface area contributed by atoms with Crippen molar-refractivity contribution >= 4 is 11.8 Å². The molecule has 1 rings (SSSR count). The van der Waals surface area contributed by atoms with Gasteiger partial charge < -0.3 is 15.7 Å². The third-order valence-corrected chi connectivity index (χ3v) is 3.51. The van der Waals surface area contributed by atoms with Gasteiger partial charge in [0.2, 0.25) is 5.91 Å². The highest BCUT2D eigenvalue weighted by atomic mass is 16.3. The van der Waals surface area contributed by atoms with Crippen molar-refractivity contribution < 1.29 is 14.7 Å². The van der Waals surface area contributed by atoms with Crippen LogP contribution < -0.4 is 10.6 Å². The van der Waals surface area contributed by atoms with Crippen LogP contribution in [0.15, 0.2) is 18.2 Å². The van der Waals surface area contributed by atoms with Crippen molar-refractivity contribution in [1.82, 2.24) is 10.6 Å². The van der Waals surface area contributed by atoms with Crippen molar-refractivity contribution in [2.75, 3.05) is 13.1 Å². The predicted molar refractivity (Wildman–Crippen MR) is 91.3 cm³/mol. The summed E-state index contributed by atoms with van der Waals surface area (Å²) >= 11 is 0. The number of hydrogen-bond acceptors (Lipinski definition) is 3. The molecule has 0 aliphatic carbocycles. The second-order valence-corrected chi connectivity index (χ2v) is 7.05. The molecule has 1 aromatic carbocycles. The number of carbonyl (C=O) groups is 2. The lowest BCUT2D eigenvalue weighted by Crippen LogP contribution is -2.41. The first-order chi connectivity index (χ1) is 10.6. The monoisotopic (exact) mass is 320 g/mol. The zero-order chi connectivity index (χ0) is 17.6. The second kappa shape index (κ2) is 8.11. The fourth-order valence-electron chi connectivity index (χ4n) is 2.64. The van der Waals surface area contributed by atoms with Crippen molar-refractivity contribution in [2.45, 2.75) is 47.1 Å². The average Bonchev–Trinajstić information content (AvgIpc) is 2.40. The molecule has 0 radical (unpaired) electrons. The van der Waals surface area contributed by atoms with Crippen LogP contribution in [0.4, 0.5) is 0 Å². The summed E-state index contributed by atoms with van der Waals surface area (Å²) in [6, 6.07) is 5.59. The third kappa shape index (κ3) is 7.28. The van der Waals surface area contributed by atoms with E-state index in [-0.39, 0.29) is 23.8 Å². The summed E-state index contributed by atoms with van der Waals surface area (Å²) in [6.45, 7) is 9.95. The van der Waals surface area contributed by atoms with Crippen molar-refractivity contribution in [1.29, 1.82) is 0 Å². The van der Waals surface area contributed by atoms with E-state index >= 15 is 0 Å². The molecule has 5 nitrogen and oxygen atoms in total. The maximum absolute atomic E-state index is 12.1. The molecule has 0 bridgehead atoms. The summed E-state index contributed by atoms with van der Waals surface area (Å²) in [4.78, 5) is 23.9. The summed E-state index contributed by atoms with van der Waals surface area (Å²) < 4.78 is 0. The number of nitrogens with one attached hydrogen (secondary N) is 2. The molecular weight excluding hydrogens is 292 g/mol. The Bertz CT molecular complexity index is 545. The zero-order valence-corrected chi connectivity index (χ0v) is 14.7. The highest BCUT2D eigenvalue weighted by Gasteiger charge is 2.21. The molecule has 0 spiro atoms. The van der Waals surface area contributed by atoms with E-state index in [4.69, 9.17) is 0 Å². The first-order valence-electron chi connectivity index (χ1n) is 7.90. The Kier molecular flexibility index (Phi) is 6.76. The van der Waals surface area contributed by atoms with Crippen LogP contribution in [0.5, 0.6) is 0 Å². The van der Waals surface area contributed by atoms with Gasteiger partial charge in [-0.3, -0.25) is 9.59 Å². The number of benzene rings is 1. The highest BCUT2D eigenvalue weighted by Crippen LogP contribution is 2.20. The van der Waals surface area contributed by atoms with Gasteiger partial charge >= 0.3 is 0 Å². The molecule has 0 aliphatic rings. The fraction of sp³-hybridized carbons (Fsp3) is 0.556. The Morgan fingerprint density at radius 1 is 1.13 bits per heavy atom. The standard InChI is InChI=1S/C18H28N2O3/c1-12-6-13(2)8-15(7-12)17(23)19-10-16(22)20-11-18(4,5)9-14(3)21/h6-8,14,21H,9-11H2,1-5H3,(H,19,23)(H,20,22). The number of aliphatic hydroxyl groups excluding tert-OH is 1. The SMILES string of the molecule is Cc1cc(C)cc(C(=O)NCC(=O)NCC(C)(C)CC(C)O)c1. The largest absolute Gasteiger partial charge is 0.393 e. The zero-order valence-electron chi connectivity index (χ0n) is 14.7. The van der Waals surface area contributed by atoms with E-state index in [2.05, 4.69) is 10.6 Å². The Hall–Kier alpha value is -1.88. The van der Waals surface area contributed by atoms with Crippen molar-refractivity contribution in [3.8, 4) is 0 Å². The van der Waals surface area contributed by atoms with Gasteiger partial charge in [-0.15, -0.1) is 0 Å². The predicted octanol–water partition coefficient (Wildman–Crippen LogP) is 1.95. The molecule has 0 saturated carbocycles. The van der Waals surface area contributed by atoms with Crippen LogP contribution in [-0.2, 0) is 4.79 Å². The molecule has 2 amide bonds. The lowest BCUT2D eigenvalue weighted by atomic mass is 9.87.